The minimum Gasteiger partial charge on any atom is -0.326 e. The summed E-state index contributed by atoms with van der Waals surface area (Å²) in [6.07, 6.45) is -5.35. The molecule has 192 valence electrons. The highest BCUT2D eigenvalue weighted by Crippen LogP contribution is 2.39. The van der Waals surface area contributed by atoms with Gasteiger partial charge >= 0.3 is 6.18 Å². The Morgan fingerprint density at radius 3 is 2.00 bits per heavy atom. The average molecular weight is 525 g/mol. The molecule has 0 fully saturated rings. The van der Waals surface area contributed by atoms with Gasteiger partial charge in [-0.2, -0.15) is 13.2 Å². The Hall–Kier alpha value is -2.76. The largest absolute Gasteiger partial charge is 0.422 e. The van der Waals surface area contributed by atoms with E-state index in [2.05, 4.69) is 5.32 Å². The van der Waals surface area contributed by atoms with Crippen LogP contribution in [0.2, 0.25) is 0 Å². The highest BCUT2D eigenvalue weighted by Gasteiger charge is 2.42. The second-order valence-electron chi connectivity index (χ2n) is 8.82. The SMILES string of the molecule is CCC(Sc1cccc(NC(=O)CC(C)(C)C)c1)C(=O)Nc1c(F)c(F)c(C(F)(F)F)c(F)c1F. The lowest BCUT2D eigenvalue weighted by molar-refractivity contribution is -0.143. The fourth-order valence-corrected chi connectivity index (χ4v) is 4.03. The van der Waals surface area contributed by atoms with Gasteiger partial charge in [-0.3, -0.25) is 9.59 Å². The number of carbonyl (C=O) groups is 2. The number of rotatable bonds is 7. The highest BCUT2D eigenvalue weighted by atomic mass is 32.2. The molecule has 0 bridgehead atoms. The van der Waals surface area contributed by atoms with E-state index < -0.39 is 51.9 Å². The zero-order chi connectivity index (χ0) is 26.7. The molecule has 0 spiro atoms. The average Bonchev–Trinajstić information content (AvgIpc) is 2.71. The van der Waals surface area contributed by atoms with Crippen LogP contribution in [0.5, 0.6) is 0 Å². The number of nitrogens with one attached hydrogen (secondary N) is 2. The van der Waals surface area contributed by atoms with Crippen molar-refractivity contribution in [1.29, 1.82) is 0 Å². The molecule has 1 unspecified atom stereocenters. The van der Waals surface area contributed by atoms with E-state index in [-0.39, 0.29) is 24.2 Å². The lowest BCUT2D eigenvalue weighted by Gasteiger charge is -2.19. The molecule has 0 aliphatic carbocycles. The van der Waals surface area contributed by atoms with Crippen molar-refractivity contribution >= 4 is 35.0 Å². The van der Waals surface area contributed by atoms with Crippen molar-refractivity contribution in [2.24, 2.45) is 5.41 Å². The zero-order valence-electron chi connectivity index (χ0n) is 19.2. The van der Waals surface area contributed by atoms with Crippen LogP contribution < -0.4 is 10.6 Å². The Morgan fingerprint density at radius 2 is 1.51 bits per heavy atom. The van der Waals surface area contributed by atoms with E-state index in [1.54, 1.807) is 36.5 Å². The number of thioether (sulfide) groups is 1. The number of halogens is 7. The van der Waals surface area contributed by atoms with Crippen LogP contribution in [-0.4, -0.2) is 17.1 Å². The van der Waals surface area contributed by atoms with Gasteiger partial charge in [0.2, 0.25) is 11.8 Å². The van der Waals surface area contributed by atoms with Gasteiger partial charge in [0.1, 0.15) is 11.3 Å². The summed E-state index contributed by atoms with van der Waals surface area (Å²) in [5.74, 6) is -11.4. The van der Waals surface area contributed by atoms with Crippen molar-refractivity contribution in [1.82, 2.24) is 0 Å². The minimum absolute atomic E-state index is 0.0892. The molecule has 2 rings (SSSR count). The summed E-state index contributed by atoms with van der Waals surface area (Å²) in [5, 5.41) is 3.33. The lowest BCUT2D eigenvalue weighted by Crippen LogP contribution is -2.27. The van der Waals surface area contributed by atoms with E-state index >= 15 is 0 Å². The Balaban J connectivity index is 2.23. The monoisotopic (exact) mass is 524 g/mol. The fraction of sp³-hybridized carbons (Fsp3) is 0.391. The van der Waals surface area contributed by atoms with E-state index in [1.165, 1.54) is 0 Å². The molecular weight excluding hydrogens is 501 g/mol. The van der Waals surface area contributed by atoms with E-state index in [4.69, 9.17) is 0 Å². The van der Waals surface area contributed by atoms with Crippen LogP contribution in [0.1, 0.15) is 46.1 Å². The standard InChI is InChI=1S/C23H23F7N2O2S/c1-5-13(35-12-8-6-7-11(9-12)31-14(33)10-22(2,3)4)21(34)32-20-18(26)16(24)15(23(28,29)30)17(25)19(20)27/h6-9,13H,5,10H2,1-4H3,(H,31,33)(H,32,34). The molecule has 0 radical (unpaired) electrons. The third-order valence-electron chi connectivity index (χ3n) is 4.55. The van der Waals surface area contributed by atoms with Gasteiger partial charge in [-0.25, -0.2) is 17.6 Å². The smallest absolute Gasteiger partial charge is 0.326 e. The normalized spacial score (nSPS) is 12.9. The number of carbonyl (C=O) groups excluding carboxylic acids is 2. The molecule has 0 heterocycles. The van der Waals surface area contributed by atoms with Gasteiger partial charge in [0.25, 0.3) is 0 Å². The zero-order valence-corrected chi connectivity index (χ0v) is 20.0. The summed E-state index contributed by atoms with van der Waals surface area (Å²) in [6.45, 7) is 7.23. The molecule has 0 saturated carbocycles. The second-order valence-corrected chi connectivity index (χ2v) is 10.1. The fourth-order valence-electron chi connectivity index (χ4n) is 3.01. The van der Waals surface area contributed by atoms with E-state index in [9.17, 15) is 40.3 Å². The van der Waals surface area contributed by atoms with Gasteiger partial charge in [0, 0.05) is 17.0 Å². The van der Waals surface area contributed by atoms with Gasteiger partial charge in [-0.1, -0.05) is 33.8 Å². The quantitative estimate of drug-likeness (QED) is 0.230. The third kappa shape index (κ3) is 7.36. The third-order valence-corrected chi connectivity index (χ3v) is 5.90. The van der Waals surface area contributed by atoms with Crippen LogP contribution in [0.3, 0.4) is 0 Å². The molecule has 0 saturated heterocycles. The molecule has 2 aromatic carbocycles. The lowest BCUT2D eigenvalue weighted by atomic mass is 9.92. The van der Waals surface area contributed by atoms with Crippen molar-refractivity contribution in [3.63, 3.8) is 0 Å². The van der Waals surface area contributed by atoms with Crippen molar-refractivity contribution < 1.29 is 40.3 Å². The summed E-state index contributed by atoms with van der Waals surface area (Å²) < 4.78 is 94.2. The van der Waals surface area contributed by atoms with Crippen LogP contribution >= 0.6 is 11.8 Å². The molecular formula is C23H23F7N2O2S. The van der Waals surface area contributed by atoms with Crippen molar-refractivity contribution in [3.8, 4) is 0 Å². The van der Waals surface area contributed by atoms with Gasteiger partial charge in [-0.05, 0) is 30.0 Å². The maximum absolute atomic E-state index is 14.1. The molecule has 0 aliphatic rings. The summed E-state index contributed by atoms with van der Waals surface area (Å²) in [6, 6.07) is 6.36. The summed E-state index contributed by atoms with van der Waals surface area (Å²) in [5.41, 5.74) is -4.19. The van der Waals surface area contributed by atoms with Crippen molar-refractivity contribution in [2.45, 2.75) is 56.9 Å². The van der Waals surface area contributed by atoms with Gasteiger partial charge in [-0.15, -0.1) is 11.8 Å². The number of amides is 2. The first kappa shape index (κ1) is 28.5. The van der Waals surface area contributed by atoms with Crippen molar-refractivity contribution in [3.05, 3.63) is 53.1 Å². The Kier molecular flexibility index (Phi) is 8.85. The van der Waals surface area contributed by atoms with E-state index in [1.807, 2.05) is 20.8 Å². The molecule has 0 aliphatic heterocycles. The Bertz CT molecular complexity index is 1090. The summed E-state index contributed by atoms with van der Waals surface area (Å²) in [4.78, 5) is 25.2. The predicted molar refractivity (Wildman–Crippen MR) is 119 cm³/mol. The van der Waals surface area contributed by atoms with Crippen LogP contribution in [0, 0.1) is 28.7 Å². The predicted octanol–water partition coefficient (Wildman–Crippen LogP) is 7.15. The maximum Gasteiger partial charge on any atom is 0.422 e. The number of hydrogen-bond donors (Lipinski definition) is 2. The molecule has 1 atom stereocenters. The minimum atomic E-state index is -5.69. The van der Waals surface area contributed by atoms with Crippen LogP contribution in [0.15, 0.2) is 29.2 Å². The second kappa shape index (κ2) is 10.9. The number of benzene rings is 2. The van der Waals surface area contributed by atoms with Gasteiger partial charge in [0.15, 0.2) is 23.3 Å². The molecule has 35 heavy (non-hydrogen) atoms. The Labute approximate surface area is 201 Å². The first-order chi connectivity index (χ1) is 16.0. The highest BCUT2D eigenvalue weighted by molar-refractivity contribution is 8.00. The summed E-state index contributed by atoms with van der Waals surface area (Å²) in [7, 11) is 0. The molecule has 2 N–H and O–H groups in total. The van der Waals surface area contributed by atoms with Crippen LogP contribution in [-0.2, 0) is 15.8 Å². The topological polar surface area (TPSA) is 58.2 Å². The molecule has 2 aromatic rings. The first-order valence-electron chi connectivity index (χ1n) is 10.4. The van der Waals surface area contributed by atoms with E-state index in [0.717, 1.165) is 11.8 Å². The van der Waals surface area contributed by atoms with Crippen molar-refractivity contribution in [2.75, 3.05) is 10.6 Å². The van der Waals surface area contributed by atoms with Gasteiger partial charge < -0.3 is 10.6 Å². The summed E-state index contributed by atoms with van der Waals surface area (Å²) >= 11 is 0.922. The number of hydrogen-bond acceptors (Lipinski definition) is 3. The molecule has 4 nitrogen and oxygen atoms in total. The Morgan fingerprint density at radius 1 is 0.943 bits per heavy atom. The molecule has 12 heteroatoms. The van der Waals surface area contributed by atoms with Gasteiger partial charge in [0.05, 0.1) is 5.25 Å². The number of alkyl halides is 3. The van der Waals surface area contributed by atoms with E-state index in [0.29, 0.717) is 10.6 Å². The first-order valence-corrected chi connectivity index (χ1v) is 11.2. The molecule has 0 aromatic heterocycles. The maximum atomic E-state index is 14.1. The molecule has 2 amide bonds. The van der Waals surface area contributed by atoms with Crippen LogP contribution in [0.25, 0.3) is 0 Å². The number of anilines is 2. The van der Waals surface area contributed by atoms with Crippen LogP contribution in [0.4, 0.5) is 42.1 Å².